The first-order chi connectivity index (χ1) is 9.49. The number of carbonyl (C=O) groups is 1. The monoisotopic (exact) mass is 308 g/mol. The second kappa shape index (κ2) is 6.21. The van der Waals surface area contributed by atoms with Crippen LogP contribution in [0.1, 0.15) is 21.5 Å². The topological polar surface area (TPSA) is 17.1 Å². The van der Waals surface area contributed by atoms with Gasteiger partial charge in [-0.05, 0) is 55.0 Å². The lowest BCUT2D eigenvalue weighted by molar-refractivity contribution is 0.104. The number of hydrogen-bond acceptors (Lipinski definition) is 1. The Labute approximate surface area is 126 Å². The molecule has 4 heteroatoms. The molecule has 2 rings (SSSR count). The Kier molecular flexibility index (Phi) is 4.58. The fourth-order valence-corrected chi connectivity index (χ4v) is 2.07. The van der Waals surface area contributed by atoms with Crippen LogP contribution in [0.25, 0.3) is 6.08 Å². The smallest absolute Gasteiger partial charge is 0.185 e. The van der Waals surface area contributed by atoms with Gasteiger partial charge in [0.1, 0.15) is 5.82 Å². The molecule has 0 bridgehead atoms. The van der Waals surface area contributed by atoms with Gasteiger partial charge in [-0.2, -0.15) is 0 Å². The predicted octanol–water partition coefficient (Wildman–Crippen LogP) is 5.34. The summed E-state index contributed by atoms with van der Waals surface area (Å²) in [6.07, 6.45) is 2.68. The molecule has 0 saturated heterocycles. The van der Waals surface area contributed by atoms with E-state index in [2.05, 4.69) is 0 Å². The Hall–Kier alpha value is -1.64. The molecule has 0 fully saturated rings. The third-order valence-corrected chi connectivity index (χ3v) is 3.60. The fraction of sp³-hybridized carbons (Fsp3) is 0.0625. The summed E-state index contributed by atoms with van der Waals surface area (Å²) in [7, 11) is 0. The fourth-order valence-electron chi connectivity index (χ4n) is 1.72. The number of rotatable bonds is 3. The molecule has 20 heavy (non-hydrogen) atoms. The van der Waals surface area contributed by atoms with Gasteiger partial charge in [0.25, 0.3) is 0 Å². The molecule has 0 aliphatic heterocycles. The number of ketones is 1. The van der Waals surface area contributed by atoms with Crippen LogP contribution in [-0.4, -0.2) is 5.78 Å². The van der Waals surface area contributed by atoms with Crippen LogP contribution in [-0.2, 0) is 0 Å². The second-order valence-electron chi connectivity index (χ2n) is 4.30. The minimum atomic E-state index is -0.464. The molecule has 0 spiro atoms. The van der Waals surface area contributed by atoms with Crippen LogP contribution in [0.3, 0.4) is 0 Å². The van der Waals surface area contributed by atoms with Crippen molar-refractivity contribution in [2.45, 2.75) is 6.92 Å². The number of benzene rings is 2. The Morgan fingerprint density at radius 1 is 1.15 bits per heavy atom. The van der Waals surface area contributed by atoms with E-state index in [4.69, 9.17) is 23.2 Å². The van der Waals surface area contributed by atoms with Crippen molar-refractivity contribution in [2.24, 2.45) is 0 Å². The van der Waals surface area contributed by atoms with Crippen molar-refractivity contribution in [3.05, 3.63) is 75.0 Å². The van der Waals surface area contributed by atoms with E-state index in [0.29, 0.717) is 10.6 Å². The van der Waals surface area contributed by atoms with Crippen molar-refractivity contribution < 1.29 is 9.18 Å². The maximum atomic E-state index is 13.6. The average molecular weight is 309 g/mol. The first-order valence-corrected chi connectivity index (χ1v) is 6.67. The molecule has 0 unspecified atom stereocenters. The van der Waals surface area contributed by atoms with Gasteiger partial charge < -0.3 is 0 Å². The van der Waals surface area contributed by atoms with Crippen molar-refractivity contribution in [3.63, 3.8) is 0 Å². The zero-order valence-electron chi connectivity index (χ0n) is 10.7. The number of carbonyl (C=O) groups excluding carboxylic acids is 1. The van der Waals surface area contributed by atoms with Crippen LogP contribution in [0.4, 0.5) is 4.39 Å². The molecule has 2 aromatic carbocycles. The summed E-state index contributed by atoms with van der Waals surface area (Å²) in [6.45, 7) is 1.82. The first kappa shape index (κ1) is 14.8. The summed E-state index contributed by atoms with van der Waals surface area (Å²) in [4.78, 5) is 12.0. The third-order valence-electron chi connectivity index (χ3n) is 2.84. The van der Waals surface area contributed by atoms with E-state index in [1.165, 1.54) is 24.3 Å². The van der Waals surface area contributed by atoms with Crippen LogP contribution in [0, 0.1) is 12.7 Å². The summed E-state index contributed by atoms with van der Waals surface area (Å²) >= 11 is 11.8. The van der Waals surface area contributed by atoms with E-state index in [1.54, 1.807) is 24.3 Å². The highest BCUT2D eigenvalue weighted by Crippen LogP contribution is 2.21. The molecule has 0 heterocycles. The molecular formula is C16H11Cl2FO. The van der Waals surface area contributed by atoms with Gasteiger partial charge in [0.15, 0.2) is 5.78 Å². The minimum Gasteiger partial charge on any atom is -0.289 e. The van der Waals surface area contributed by atoms with E-state index < -0.39 is 5.82 Å². The summed E-state index contributed by atoms with van der Waals surface area (Å²) in [5, 5.41) is 0.865. The molecule has 0 aliphatic carbocycles. The molecule has 0 aromatic heterocycles. The van der Waals surface area contributed by atoms with Gasteiger partial charge in [0.2, 0.25) is 0 Å². The van der Waals surface area contributed by atoms with Crippen molar-refractivity contribution in [3.8, 4) is 0 Å². The largest absolute Gasteiger partial charge is 0.289 e. The lowest BCUT2D eigenvalue weighted by atomic mass is 10.1. The van der Waals surface area contributed by atoms with Crippen LogP contribution in [0.15, 0.2) is 42.5 Å². The van der Waals surface area contributed by atoms with E-state index in [1.807, 2.05) is 6.92 Å². The summed E-state index contributed by atoms with van der Waals surface area (Å²) in [6, 6.07) is 9.36. The second-order valence-corrected chi connectivity index (χ2v) is 5.11. The van der Waals surface area contributed by atoms with E-state index >= 15 is 0 Å². The average Bonchev–Trinajstić information content (AvgIpc) is 2.41. The van der Waals surface area contributed by atoms with Gasteiger partial charge in [0.05, 0.1) is 5.02 Å². The first-order valence-electron chi connectivity index (χ1n) is 5.91. The lowest BCUT2D eigenvalue weighted by Crippen LogP contribution is -1.95. The van der Waals surface area contributed by atoms with Gasteiger partial charge >= 0.3 is 0 Å². The van der Waals surface area contributed by atoms with Gasteiger partial charge in [-0.25, -0.2) is 4.39 Å². The molecule has 0 amide bonds. The molecule has 0 saturated carbocycles. The lowest BCUT2D eigenvalue weighted by Gasteiger charge is -2.01. The number of allylic oxidation sites excluding steroid dienone is 1. The number of aryl methyl sites for hydroxylation is 1. The highest BCUT2D eigenvalue weighted by atomic mass is 35.5. The van der Waals surface area contributed by atoms with Gasteiger partial charge in [-0.15, -0.1) is 0 Å². The maximum absolute atomic E-state index is 13.6. The molecule has 0 aliphatic rings. The molecule has 0 atom stereocenters. The third kappa shape index (κ3) is 3.27. The molecule has 1 nitrogen and oxygen atoms in total. The summed E-state index contributed by atoms with van der Waals surface area (Å²) in [5.74, 6) is -0.696. The van der Waals surface area contributed by atoms with Crippen molar-refractivity contribution in [1.82, 2.24) is 0 Å². The van der Waals surface area contributed by atoms with Crippen LogP contribution < -0.4 is 0 Å². The molecule has 2 aromatic rings. The van der Waals surface area contributed by atoms with Crippen LogP contribution in [0.2, 0.25) is 10.0 Å². The maximum Gasteiger partial charge on any atom is 0.185 e. The van der Waals surface area contributed by atoms with Gasteiger partial charge in [-0.1, -0.05) is 29.3 Å². The van der Waals surface area contributed by atoms with Crippen molar-refractivity contribution in [1.29, 1.82) is 0 Å². The van der Waals surface area contributed by atoms with E-state index in [9.17, 15) is 9.18 Å². The van der Waals surface area contributed by atoms with Crippen LogP contribution in [0.5, 0.6) is 0 Å². The Morgan fingerprint density at radius 3 is 2.55 bits per heavy atom. The normalized spacial score (nSPS) is 11.0. The zero-order valence-corrected chi connectivity index (χ0v) is 12.2. The zero-order chi connectivity index (χ0) is 14.7. The van der Waals surface area contributed by atoms with Gasteiger partial charge in [-0.3, -0.25) is 4.79 Å². The molecule has 102 valence electrons. The Bertz CT molecular complexity index is 673. The van der Waals surface area contributed by atoms with Crippen molar-refractivity contribution >= 4 is 35.1 Å². The highest BCUT2D eigenvalue weighted by Gasteiger charge is 2.06. The molecular weight excluding hydrogens is 298 g/mol. The molecule has 0 N–H and O–H groups in total. The Balaban J connectivity index is 2.27. The number of hydrogen-bond donors (Lipinski definition) is 0. The van der Waals surface area contributed by atoms with Crippen LogP contribution >= 0.6 is 23.2 Å². The minimum absolute atomic E-state index is 0.202. The molecule has 0 radical (unpaired) electrons. The quantitative estimate of drug-likeness (QED) is 0.552. The highest BCUT2D eigenvalue weighted by molar-refractivity contribution is 6.32. The Morgan fingerprint density at radius 2 is 1.90 bits per heavy atom. The summed E-state index contributed by atoms with van der Waals surface area (Å²) in [5.41, 5.74) is 1.51. The van der Waals surface area contributed by atoms with Crippen molar-refractivity contribution in [2.75, 3.05) is 0 Å². The number of halogens is 3. The van der Waals surface area contributed by atoms with Gasteiger partial charge in [0, 0.05) is 16.1 Å². The van der Waals surface area contributed by atoms with E-state index in [-0.39, 0.29) is 16.4 Å². The van der Waals surface area contributed by atoms with E-state index in [0.717, 1.165) is 5.56 Å². The summed E-state index contributed by atoms with van der Waals surface area (Å²) < 4.78 is 13.6. The standard InChI is InChI=1S/C16H11Cl2FO/c1-10-9-11(5-7-13(10)17)16(20)8-6-12-14(18)3-2-4-15(12)19/h2-9H,1H3/b8-6-. The predicted molar refractivity (Wildman–Crippen MR) is 81.0 cm³/mol. The SMILES string of the molecule is Cc1cc(C(=O)/C=C\c2c(F)cccc2Cl)ccc1Cl.